The first-order valence-electron chi connectivity index (χ1n) is 6.18. The van der Waals surface area contributed by atoms with Gasteiger partial charge in [0.1, 0.15) is 11.6 Å². The Morgan fingerprint density at radius 1 is 1.15 bits per heavy atom. The van der Waals surface area contributed by atoms with Crippen LogP contribution in [-0.4, -0.2) is 20.9 Å². The number of anilines is 1. The van der Waals surface area contributed by atoms with E-state index in [1.807, 2.05) is 19.1 Å². The van der Waals surface area contributed by atoms with Crippen LogP contribution in [0.5, 0.6) is 0 Å². The van der Waals surface area contributed by atoms with E-state index in [4.69, 9.17) is 0 Å². The van der Waals surface area contributed by atoms with E-state index in [1.54, 1.807) is 36.7 Å². The SMILES string of the molecule is Cc1ncc2ccc(C(=O)Nc3ccccn3)cc2n1. The number of hydrogen-bond donors (Lipinski definition) is 1. The standard InChI is InChI=1S/C15H12N4O/c1-10-17-9-12-6-5-11(8-13(12)18-10)15(20)19-14-4-2-3-7-16-14/h2-9H,1H3,(H,16,19,20). The number of rotatable bonds is 2. The lowest BCUT2D eigenvalue weighted by atomic mass is 10.1. The minimum atomic E-state index is -0.207. The molecular weight excluding hydrogens is 252 g/mol. The molecule has 0 aliphatic heterocycles. The summed E-state index contributed by atoms with van der Waals surface area (Å²) in [6.45, 7) is 1.82. The first kappa shape index (κ1) is 12.2. The van der Waals surface area contributed by atoms with Gasteiger partial charge in [-0.05, 0) is 31.2 Å². The largest absolute Gasteiger partial charge is 0.307 e. The Morgan fingerprint density at radius 2 is 2.05 bits per heavy atom. The third-order valence-corrected chi connectivity index (χ3v) is 2.87. The highest BCUT2D eigenvalue weighted by Crippen LogP contribution is 2.14. The number of pyridine rings is 1. The van der Waals surface area contributed by atoms with Crippen molar-refractivity contribution in [2.75, 3.05) is 5.32 Å². The summed E-state index contributed by atoms with van der Waals surface area (Å²) in [5, 5.41) is 3.65. The van der Waals surface area contributed by atoms with Crippen molar-refractivity contribution >= 4 is 22.6 Å². The summed E-state index contributed by atoms with van der Waals surface area (Å²) in [7, 11) is 0. The molecule has 0 aliphatic rings. The monoisotopic (exact) mass is 264 g/mol. The molecule has 3 aromatic rings. The Kier molecular flexibility index (Phi) is 3.09. The van der Waals surface area contributed by atoms with E-state index in [9.17, 15) is 4.79 Å². The molecule has 0 bridgehead atoms. The Hall–Kier alpha value is -2.82. The Morgan fingerprint density at radius 3 is 2.85 bits per heavy atom. The maximum Gasteiger partial charge on any atom is 0.256 e. The van der Waals surface area contributed by atoms with Crippen LogP contribution in [0.15, 0.2) is 48.8 Å². The summed E-state index contributed by atoms with van der Waals surface area (Å²) in [6, 6.07) is 10.7. The van der Waals surface area contributed by atoms with E-state index >= 15 is 0 Å². The fourth-order valence-corrected chi connectivity index (χ4v) is 1.88. The predicted octanol–water partition coefficient (Wildman–Crippen LogP) is 2.59. The molecule has 2 aromatic heterocycles. The minimum Gasteiger partial charge on any atom is -0.307 e. The lowest BCUT2D eigenvalue weighted by molar-refractivity contribution is 0.102. The van der Waals surface area contributed by atoms with E-state index < -0.39 is 0 Å². The van der Waals surface area contributed by atoms with Crippen LogP contribution in [0.3, 0.4) is 0 Å². The molecule has 0 fully saturated rings. The number of nitrogens with one attached hydrogen (secondary N) is 1. The molecule has 0 saturated heterocycles. The number of amides is 1. The molecule has 0 aliphatic carbocycles. The van der Waals surface area contributed by atoms with Gasteiger partial charge in [0.15, 0.2) is 0 Å². The number of carbonyl (C=O) groups excluding carboxylic acids is 1. The van der Waals surface area contributed by atoms with Gasteiger partial charge < -0.3 is 5.32 Å². The molecule has 5 nitrogen and oxygen atoms in total. The number of aromatic nitrogens is 3. The minimum absolute atomic E-state index is 0.207. The van der Waals surface area contributed by atoms with E-state index in [2.05, 4.69) is 20.3 Å². The smallest absolute Gasteiger partial charge is 0.256 e. The van der Waals surface area contributed by atoms with Crippen LogP contribution >= 0.6 is 0 Å². The molecule has 5 heteroatoms. The normalized spacial score (nSPS) is 10.4. The summed E-state index contributed by atoms with van der Waals surface area (Å²) in [4.78, 5) is 24.7. The third kappa shape index (κ3) is 2.47. The maximum absolute atomic E-state index is 12.1. The van der Waals surface area contributed by atoms with Crippen LogP contribution in [0.1, 0.15) is 16.2 Å². The van der Waals surface area contributed by atoms with Crippen LogP contribution in [-0.2, 0) is 0 Å². The molecule has 0 spiro atoms. The zero-order chi connectivity index (χ0) is 13.9. The van der Waals surface area contributed by atoms with Gasteiger partial charge in [-0.3, -0.25) is 4.79 Å². The van der Waals surface area contributed by atoms with Crippen molar-refractivity contribution in [3.05, 3.63) is 60.2 Å². The zero-order valence-corrected chi connectivity index (χ0v) is 10.9. The average molecular weight is 264 g/mol. The first-order valence-corrected chi connectivity index (χ1v) is 6.18. The second-order valence-electron chi connectivity index (χ2n) is 4.36. The van der Waals surface area contributed by atoms with Crippen molar-refractivity contribution in [2.45, 2.75) is 6.92 Å². The number of carbonyl (C=O) groups is 1. The second kappa shape index (κ2) is 5.05. The summed E-state index contributed by atoms with van der Waals surface area (Å²) >= 11 is 0. The highest BCUT2D eigenvalue weighted by molar-refractivity contribution is 6.05. The van der Waals surface area contributed by atoms with Crippen LogP contribution in [0.4, 0.5) is 5.82 Å². The first-order chi connectivity index (χ1) is 9.72. The fourth-order valence-electron chi connectivity index (χ4n) is 1.88. The maximum atomic E-state index is 12.1. The lowest BCUT2D eigenvalue weighted by Crippen LogP contribution is -2.12. The number of benzene rings is 1. The molecule has 0 radical (unpaired) electrons. The van der Waals surface area contributed by atoms with E-state index in [-0.39, 0.29) is 5.91 Å². The highest BCUT2D eigenvalue weighted by Gasteiger charge is 2.08. The summed E-state index contributed by atoms with van der Waals surface area (Å²) in [5.41, 5.74) is 1.30. The van der Waals surface area contributed by atoms with Crippen LogP contribution in [0.25, 0.3) is 10.9 Å². The van der Waals surface area contributed by atoms with Gasteiger partial charge in [-0.25, -0.2) is 15.0 Å². The van der Waals surface area contributed by atoms with Gasteiger partial charge in [0.25, 0.3) is 5.91 Å². The van der Waals surface area contributed by atoms with Gasteiger partial charge in [0, 0.05) is 23.3 Å². The van der Waals surface area contributed by atoms with Gasteiger partial charge in [-0.15, -0.1) is 0 Å². The molecule has 1 aromatic carbocycles. The Labute approximate surface area is 115 Å². The Balaban J connectivity index is 1.91. The predicted molar refractivity (Wildman–Crippen MR) is 76.5 cm³/mol. The number of nitrogens with zero attached hydrogens (tertiary/aromatic N) is 3. The molecular formula is C15H12N4O. The molecule has 1 N–H and O–H groups in total. The van der Waals surface area contributed by atoms with E-state index in [0.717, 1.165) is 10.9 Å². The van der Waals surface area contributed by atoms with Crippen molar-refractivity contribution in [1.29, 1.82) is 0 Å². The lowest BCUT2D eigenvalue weighted by Gasteiger charge is -2.05. The highest BCUT2D eigenvalue weighted by atomic mass is 16.1. The van der Waals surface area contributed by atoms with Gasteiger partial charge in [0.2, 0.25) is 0 Å². The van der Waals surface area contributed by atoms with Crippen LogP contribution < -0.4 is 5.32 Å². The molecule has 0 unspecified atom stereocenters. The second-order valence-corrected chi connectivity index (χ2v) is 4.36. The number of fused-ring (bicyclic) bond motifs is 1. The summed E-state index contributed by atoms with van der Waals surface area (Å²) in [6.07, 6.45) is 3.38. The van der Waals surface area contributed by atoms with Crippen molar-refractivity contribution in [3.8, 4) is 0 Å². The van der Waals surface area contributed by atoms with Crippen LogP contribution in [0.2, 0.25) is 0 Å². The molecule has 3 rings (SSSR count). The number of hydrogen-bond acceptors (Lipinski definition) is 4. The molecule has 20 heavy (non-hydrogen) atoms. The fraction of sp³-hybridized carbons (Fsp3) is 0.0667. The van der Waals surface area contributed by atoms with Gasteiger partial charge >= 0.3 is 0 Å². The van der Waals surface area contributed by atoms with Gasteiger partial charge in [0.05, 0.1) is 5.52 Å². The van der Waals surface area contributed by atoms with Crippen molar-refractivity contribution < 1.29 is 4.79 Å². The number of aryl methyl sites for hydroxylation is 1. The molecule has 0 atom stereocenters. The van der Waals surface area contributed by atoms with E-state index in [0.29, 0.717) is 17.2 Å². The average Bonchev–Trinajstić information content (AvgIpc) is 2.47. The van der Waals surface area contributed by atoms with Crippen LogP contribution in [0, 0.1) is 6.92 Å². The van der Waals surface area contributed by atoms with E-state index in [1.165, 1.54) is 0 Å². The molecule has 0 saturated carbocycles. The summed E-state index contributed by atoms with van der Waals surface area (Å²) < 4.78 is 0. The third-order valence-electron chi connectivity index (χ3n) is 2.87. The summed E-state index contributed by atoms with van der Waals surface area (Å²) in [5.74, 6) is 0.998. The molecule has 98 valence electrons. The topological polar surface area (TPSA) is 67.8 Å². The van der Waals surface area contributed by atoms with Crippen molar-refractivity contribution in [3.63, 3.8) is 0 Å². The molecule has 2 heterocycles. The zero-order valence-electron chi connectivity index (χ0n) is 10.9. The molecule has 1 amide bonds. The van der Waals surface area contributed by atoms with Crippen molar-refractivity contribution in [2.24, 2.45) is 0 Å². The van der Waals surface area contributed by atoms with Gasteiger partial charge in [-0.1, -0.05) is 12.1 Å². The Bertz CT molecular complexity index is 771. The van der Waals surface area contributed by atoms with Crippen molar-refractivity contribution in [1.82, 2.24) is 15.0 Å². The quantitative estimate of drug-likeness (QED) is 0.772. The van der Waals surface area contributed by atoms with Gasteiger partial charge in [-0.2, -0.15) is 0 Å².